The van der Waals surface area contributed by atoms with E-state index in [-0.39, 0.29) is 0 Å². The summed E-state index contributed by atoms with van der Waals surface area (Å²) in [6.45, 7) is 0.431. The monoisotopic (exact) mass is 202 g/mol. The maximum absolute atomic E-state index is 5.60. The van der Waals surface area contributed by atoms with Gasteiger partial charge in [0.2, 0.25) is 0 Å². The largest absolute Gasteiger partial charge is 0.483 e. The predicted molar refractivity (Wildman–Crippen MR) is 55.0 cm³/mol. The Morgan fingerprint density at radius 1 is 1.20 bits per heavy atom. The number of aromatic nitrogens is 3. The third-order valence-electron chi connectivity index (χ3n) is 1.85. The Labute approximate surface area is 87.0 Å². The molecule has 76 valence electrons. The molecular weight excluding hydrogens is 192 g/mol. The van der Waals surface area contributed by atoms with Crippen LogP contribution in [0.3, 0.4) is 0 Å². The molecule has 0 unspecified atom stereocenters. The summed E-state index contributed by atoms with van der Waals surface area (Å²) in [6, 6.07) is 3.75. The van der Waals surface area contributed by atoms with Crippen LogP contribution in [0.4, 0.5) is 5.82 Å². The van der Waals surface area contributed by atoms with Crippen LogP contribution in [0.5, 0.6) is 5.75 Å². The molecular formula is C10H10N4O. The SMILES string of the molecule is Nc1ncncc1OCc1ccncc1. The lowest BCUT2D eigenvalue weighted by molar-refractivity contribution is 0.305. The zero-order valence-electron chi connectivity index (χ0n) is 8.00. The lowest BCUT2D eigenvalue weighted by atomic mass is 10.3. The Balaban J connectivity index is 2.03. The normalized spacial score (nSPS) is 9.87. The number of nitrogens with two attached hydrogens (primary N) is 1. The first-order chi connectivity index (χ1) is 7.36. The summed E-state index contributed by atoms with van der Waals surface area (Å²) < 4.78 is 5.45. The lowest BCUT2D eigenvalue weighted by Gasteiger charge is -2.06. The van der Waals surface area contributed by atoms with Crippen LogP contribution in [0.1, 0.15) is 5.56 Å². The van der Waals surface area contributed by atoms with Crippen molar-refractivity contribution in [1.29, 1.82) is 0 Å². The maximum Gasteiger partial charge on any atom is 0.180 e. The average Bonchev–Trinajstić information content (AvgIpc) is 2.29. The molecule has 2 heterocycles. The van der Waals surface area contributed by atoms with Gasteiger partial charge in [0.1, 0.15) is 12.9 Å². The topological polar surface area (TPSA) is 73.9 Å². The molecule has 0 saturated carbocycles. The fourth-order valence-electron chi connectivity index (χ4n) is 1.08. The fraction of sp³-hybridized carbons (Fsp3) is 0.100. The second-order valence-electron chi connectivity index (χ2n) is 2.92. The van der Waals surface area contributed by atoms with E-state index in [4.69, 9.17) is 10.5 Å². The van der Waals surface area contributed by atoms with Gasteiger partial charge in [-0.1, -0.05) is 0 Å². The number of nitrogens with zero attached hydrogens (tertiary/aromatic N) is 3. The number of rotatable bonds is 3. The molecule has 0 aliphatic rings. The predicted octanol–water partition coefficient (Wildman–Crippen LogP) is 1.03. The van der Waals surface area contributed by atoms with Crippen LogP contribution in [0.2, 0.25) is 0 Å². The quantitative estimate of drug-likeness (QED) is 0.804. The van der Waals surface area contributed by atoms with Crippen molar-refractivity contribution >= 4 is 5.82 Å². The molecule has 2 rings (SSSR count). The van der Waals surface area contributed by atoms with E-state index in [1.54, 1.807) is 18.6 Å². The molecule has 0 aliphatic carbocycles. The van der Waals surface area contributed by atoms with E-state index in [0.29, 0.717) is 18.2 Å². The third-order valence-corrected chi connectivity index (χ3v) is 1.85. The molecule has 5 nitrogen and oxygen atoms in total. The van der Waals surface area contributed by atoms with Crippen LogP contribution >= 0.6 is 0 Å². The Bertz CT molecular complexity index is 432. The second-order valence-corrected chi connectivity index (χ2v) is 2.92. The molecule has 0 aliphatic heterocycles. The highest BCUT2D eigenvalue weighted by Crippen LogP contribution is 2.16. The van der Waals surface area contributed by atoms with E-state index in [2.05, 4.69) is 15.0 Å². The number of anilines is 1. The van der Waals surface area contributed by atoms with E-state index in [1.165, 1.54) is 6.33 Å². The number of ether oxygens (including phenoxy) is 1. The minimum absolute atomic E-state index is 0.346. The van der Waals surface area contributed by atoms with Gasteiger partial charge >= 0.3 is 0 Å². The van der Waals surface area contributed by atoms with Crippen molar-refractivity contribution in [2.45, 2.75) is 6.61 Å². The van der Waals surface area contributed by atoms with Gasteiger partial charge in [0.15, 0.2) is 11.6 Å². The Kier molecular flexibility index (Phi) is 2.73. The summed E-state index contributed by atoms with van der Waals surface area (Å²) in [6.07, 6.45) is 6.35. The number of pyridine rings is 1. The Morgan fingerprint density at radius 3 is 2.73 bits per heavy atom. The van der Waals surface area contributed by atoms with Gasteiger partial charge in [0.05, 0.1) is 6.20 Å². The van der Waals surface area contributed by atoms with Crippen LogP contribution in [0, 0.1) is 0 Å². The molecule has 0 fully saturated rings. The highest BCUT2D eigenvalue weighted by molar-refractivity contribution is 5.42. The van der Waals surface area contributed by atoms with Gasteiger partial charge < -0.3 is 10.5 Å². The third kappa shape index (κ3) is 2.40. The number of nitrogen functional groups attached to an aromatic ring is 1. The van der Waals surface area contributed by atoms with Crippen molar-refractivity contribution < 1.29 is 4.74 Å². The van der Waals surface area contributed by atoms with Gasteiger partial charge in [0, 0.05) is 12.4 Å². The van der Waals surface area contributed by atoms with Crippen LogP contribution in [0.15, 0.2) is 37.1 Å². The second kappa shape index (κ2) is 4.36. The van der Waals surface area contributed by atoms with E-state index >= 15 is 0 Å². The summed E-state index contributed by atoms with van der Waals surface area (Å²) in [7, 11) is 0. The van der Waals surface area contributed by atoms with Crippen molar-refractivity contribution in [3.63, 3.8) is 0 Å². The van der Waals surface area contributed by atoms with Crippen molar-refractivity contribution in [2.75, 3.05) is 5.73 Å². The molecule has 0 saturated heterocycles. The Morgan fingerprint density at radius 2 is 2.00 bits per heavy atom. The zero-order valence-corrected chi connectivity index (χ0v) is 8.00. The summed E-state index contributed by atoms with van der Waals surface area (Å²) in [4.78, 5) is 11.6. The number of hydrogen-bond acceptors (Lipinski definition) is 5. The zero-order chi connectivity index (χ0) is 10.5. The summed E-state index contributed by atoms with van der Waals surface area (Å²) in [5, 5.41) is 0. The minimum Gasteiger partial charge on any atom is -0.483 e. The number of hydrogen-bond donors (Lipinski definition) is 1. The molecule has 0 radical (unpaired) electrons. The minimum atomic E-state index is 0.346. The van der Waals surface area contributed by atoms with Crippen LogP contribution in [-0.4, -0.2) is 15.0 Å². The highest BCUT2D eigenvalue weighted by Gasteiger charge is 2.00. The van der Waals surface area contributed by atoms with Crippen LogP contribution < -0.4 is 10.5 Å². The summed E-state index contributed by atoms with van der Waals surface area (Å²) in [5.41, 5.74) is 6.62. The van der Waals surface area contributed by atoms with Gasteiger partial charge in [0.25, 0.3) is 0 Å². The van der Waals surface area contributed by atoms with Gasteiger partial charge in [-0.05, 0) is 17.7 Å². The van der Waals surface area contributed by atoms with E-state index in [9.17, 15) is 0 Å². The van der Waals surface area contributed by atoms with E-state index < -0.39 is 0 Å². The standard InChI is InChI=1S/C10H10N4O/c11-10-9(5-13-7-14-10)15-6-8-1-3-12-4-2-8/h1-5,7H,6H2,(H2,11,13,14). The van der Waals surface area contributed by atoms with Gasteiger partial charge in [-0.25, -0.2) is 9.97 Å². The first kappa shape index (κ1) is 9.39. The first-order valence-corrected chi connectivity index (χ1v) is 4.43. The van der Waals surface area contributed by atoms with E-state index in [0.717, 1.165) is 5.56 Å². The molecule has 15 heavy (non-hydrogen) atoms. The van der Waals surface area contributed by atoms with Gasteiger partial charge in [-0.2, -0.15) is 0 Å². The van der Waals surface area contributed by atoms with Gasteiger partial charge in [-0.3, -0.25) is 4.98 Å². The molecule has 2 aromatic heterocycles. The van der Waals surface area contributed by atoms with Gasteiger partial charge in [-0.15, -0.1) is 0 Å². The molecule has 0 bridgehead atoms. The van der Waals surface area contributed by atoms with Crippen molar-refractivity contribution in [3.8, 4) is 5.75 Å². The lowest BCUT2D eigenvalue weighted by Crippen LogP contribution is -2.00. The molecule has 2 aromatic rings. The molecule has 0 aromatic carbocycles. The molecule has 0 amide bonds. The van der Waals surface area contributed by atoms with Crippen LogP contribution in [-0.2, 0) is 6.61 Å². The van der Waals surface area contributed by atoms with Crippen molar-refractivity contribution in [2.24, 2.45) is 0 Å². The van der Waals surface area contributed by atoms with Crippen molar-refractivity contribution in [1.82, 2.24) is 15.0 Å². The summed E-state index contributed by atoms with van der Waals surface area (Å²) >= 11 is 0. The Hall–Kier alpha value is -2.17. The van der Waals surface area contributed by atoms with Crippen LogP contribution in [0.25, 0.3) is 0 Å². The maximum atomic E-state index is 5.60. The van der Waals surface area contributed by atoms with Crippen molar-refractivity contribution in [3.05, 3.63) is 42.6 Å². The highest BCUT2D eigenvalue weighted by atomic mass is 16.5. The smallest absolute Gasteiger partial charge is 0.180 e. The average molecular weight is 202 g/mol. The first-order valence-electron chi connectivity index (χ1n) is 4.43. The molecule has 2 N–H and O–H groups in total. The summed E-state index contributed by atoms with van der Waals surface area (Å²) in [5.74, 6) is 0.841. The van der Waals surface area contributed by atoms with E-state index in [1.807, 2.05) is 12.1 Å². The molecule has 0 spiro atoms. The fourth-order valence-corrected chi connectivity index (χ4v) is 1.08. The molecule has 5 heteroatoms. The molecule has 0 atom stereocenters.